The van der Waals surface area contributed by atoms with Crippen molar-refractivity contribution in [1.82, 2.24) is 4.57 Å². The van der Waals surface area contributed by atoms with Gasteiger partial charge in [0.2, 0.25) is 0 Å². The van der Waals surface area contributed by atoms with Crippen molar-refractivity contribution in [2.45, 2.75) is 19.8 Å². The second-order valence-electron chi connectivity index (χ2n) is 5.20. The molecule has 0 fully saturated rings. The molecule has 2 aromatic heterocycles. The van der Waals surface area contributed by atoms with Crippen LogP contribution in [0, 0.1) is 0 Å². The van der Waals surface area contributed by atoms with Gasteiger partial charge in [-0.25, -0.2) is 0 Å². The van der Waals surface area contributed by atoms with E-state index in [0.717, 1.165) is 34.7 Å². The Labute approximate surface area is 131 Å². The number of rotatable bonds is 5. The zero-order valence-corrected chi connectivity index (χ0v) is 13.4. The Hall–Kier alpha value is -2.14. The van der Waals surface area contributed by atoms with Gasteiger partial charge in [-0.3, -0.25) is 9.59 Å². The maximum Gasteiger partial charge on any atom is 0.263 e. The second-order valence-corrected chi connectivity index (χ2v) is 6.25. The number of hydrogen-bond donors (Lipinski definition) is 0. The number of hydrogen-bond acceptors (Lipinski definition) is 4. The fourth-order valence-electron chi connectivity index (χ4n) is 2.59. The normalized spacial score (nSPS) is 11.2. The first-order valence-corrected chi connectivity index (χ1v) is 8.12. The van der Waals surface area contributed by atoms with Crippen molar-refractivity contribution in [1.29, 1.82) is 0 Å². The molecule has 3 aromatic rings. The van der Waals surface area contributed by atoms with Crippen LogP contribution in [0.2, 0.25) is 0 Å². The molecule has 0 aliphatic carbocycles. The maximum absolute atomic E-state index is 12.7. The summed E-state index contributed by atoms with van der Waals surface area (Å²) < 4.78 is 8.22. The van der Waals surface area contributed by atoms with Gasteiger partial charge in [0.15, 0.2) is 12.0 Å². The summed E-state index contributed by atoms with van der Waals surface area (Å²) in [5.74, 6) is 0.440. The van der Waals surface area contributed by atoms with E-state index in [1.54, 1.807) is 11.6 Å². The van der Waals surface area contributed by atoms with Gasteiger partial charge in [0.25, 0.3) is 5.56 Å². The van der Waals surface area contributed by atoms with Crippen LogP contribution in [0.3, 0.4) is 0 Å². The van der Waals surface area contributed by atoms with Crippen LogP contribution in [0.4, 0.5) is 0 Å². The smallest absolute Gasteiger partial charge is 0.263 e. The molecule has 0 amide bonds. The predicted molar refractivity (Wildman–Crippen MR) is 90.4 cm³/mol. The lowest BCUT2D eigenvalue weighted by molar-refractivity contribution is 0.112. The average molecular weight is 315 g/mol. The topological polar surface area (TPSA) is 48.3 Å². The van der Waals surface area contributed by atoms with Crippen molar-refractivity contribution in [3.63, 3.8) is 0 Å². The van der Waals surface area contributed by atoms with Crippen LogP contribution < -0.4 is 10.3 Å². The molecule has 0 spiro atoms. The van der Waals surface area contributed by atoms with E-state index in [-0.39, 0.29) is 5.56 Å². The number of pyridine rings is 1. The highest BCUT2D eigenvalue weighted by Crippen LogP contribution is 2.38. The third-order valence-corrected chi connectivity index (χ3v) is 4.90. The van der Waals surface area contributed by atoms with Crippen LogP contribution in [0.15, 0.2) is 29.1 Å². The van der Waals surface area contributed by atoms with E-state index in [0.29, 0.717) is 22.6 Å². The Morgan fingerprint density at radius 1 is 1.32 bits per heavy atom. The zero-order chi connectivity index (χ0) is 15.7. The van der Waals surface area contributed by atoms with E-state index in [4.69, 9.17) is 4.74 Å². The molecule has 0 aliphatic heterocycles. The fourth-order valence-corrected chi connectivity index (χ4v) is 3.68. The lowest BCUT2D eigenvalue weighted by Gasteiger charge is -2.08. The molecule has 0 atom stereocenters. The standard InChI is InChI=1S/C17H17NO3S/c1-3-4-9-21-15-13(10-19)22-16-11-7-5-6-8-12(11)18(2)17(20)14(15)16/h5-8,10H,3-4,9H2,1-2H3. The van der Waals surface area contributed by atoms with Crippen molar-refractivity contribution in [3.8, 4) is 5.75 Å². The summed E-state index contributed by atoms with van der Waals surface area (Å²) in [6.07, 6.45) is 2.67. The van der Waals surface area contributed by atoms with Gasteiger partial charge in [-0.1, -0.05) is 31.5 Å². The summed E-state index contributed by atoms with van der Waals surface area (Å²) in [5.41, 5.74) is 0.739. The number of benzene rings is 1. The number of para-hydroxylation sites is 1. The molecular formula is C17H17NO3S. The Balaban J connectivity index is 2.35. The van der Waals surface area contributed by atoms with Crippen LogP contribution in [-0.2, 0) is 7.05 Å². The summed E-state index contributed by atoms with van der Waals surface area (Å²) in [7, 11) is 1.75. The van der Waals surface area contributed by atoms with Crippen molar-refractivity contribution in [3.05, 3.63) is 39.5 Å². The molecule has 114 valence electrons. The van der Waals surface area contributed by atoms with Crippen molar-refractivity contribution in [2.75, 3.05) is 6.61 Å². The first kappa shape index (κ1) is 14.8. The molecular weight excluding hydrogens is 298 g/mol. The highest BCUT2D eigenvalue weighted by atomic mass is 32.1. The number of aldehydes is 1. The number of aromatic nitrogens is 1. The van der Waals surface area contributed by atoms with Crippen LogP contribution in [0.25, 0.3) is 21.0 Å². The van der Waals surface area contributed by atoms with Crippen molar-refractivity contribution < 1.29 is 9.53 Å². The molecule has 0 unspecified atom stereocenters. The molecule has 0 bridgehead atoms. The molecule has 2 heterocycles. The number of ether oxygens (including phenoxy) is 1. The first-order chi connectivity index (χ1) is 10.7. The van der Waals surface area contributed by atoms with Gasteiger partial charge >= 0.3 is 0 Å². The quantitative estimate of drug-likeness (QED) is 0.532. The molecule has 1 aromatic carbocycles. The fraction of sp³-hybridized carbons (Fsp3) is 0.294. The summed E-state index contributed by atoms with van der Waals surface area (Å²) in [5, 5.41) is 1.49. The number of fused-ring (bicyclic) bond motifs is 3. The van der Waals surface area contributed by atoms with E-state index in [1.165, 1.54) is 11.3 Å². The Morgan fingerprint density at radius 3 is 2.82 bits per heavy atom. The van der Waals surface area contributed by atoms with Crippen molar-refractivity contribution in [2.24, 2.45) is 7.05 Å². The molecule has 5 heteroatoms. The minimum absolute atomic E-state index is 0.121. The highest BCUT2D eigenvalue weighted by Gasteiger charge is 2.20. The molecule has 0 aliphatic rings. The summed E-state index contributed by atoms with van der Waals surface area (Å²) in [6, 6.07) is 7.72. The van der Waals surface area contributed by atoms with Gasteiger partial charge in [-0.2, -0.15) is 0 Å². The van der Waals surface area contributed by atoms with E-state index in [9.17, 15) is 9.59 Å². The lowest BCUT2D eigenvalue weighted by Crippen LogP contribution is -2.17. The molecule has 0 saturated carbocycles. The minimum Gasteiger partial charge on any atom is -0.491 e. The predicted octanol–water partition coefficient (Wildman–Crippen LogP) is 3.74. The summed E-state index contributed by atoms with van der Waals surface area (Å²) in [6.45, 7) is 2.58. The summed E-state index contributed by atoms with van der Waals surface area (Å²) >= 11 is 1.33. The van der Waals surface area contributed by atoms with E-state index >= 15 is 0 Å². The second kappa shape index (κ2) is 5.93. The third kappa shape index (κ3) is 2.22. The Morgan fingerprint density at radius 2 is 2.09 bits per heavy atom. The first-order valence-electron chi connectivity index (χ1n) is 7.31. The molecule has 0 radical (unpaired) electrons. The molecule has 22 heavy (non-hydrogen) atoms. The van der Waals surface area contributed by atoms with E-state index in [2.05, 4.69) is 6.92 Å². The number of carbonyl (C=O) groups excluding carboxylic acids is 1. The number of nitrogens with zero attached hydrogens (tertiary/aromatic N) is 1. The monoisotopic (exact) mass is 315 g/mol. The SMILES string of the molecule is CCCCOc1c(C=O)sc2c1c(=O)n(C)c1ccccc21. The molecule has 3 rings (SSSR count). The van der Waals surface area contributed by atoms with E-state index < -0.39 is 0 Å². The van der Waals surface area contributed by atoms with Crippen LogP contribution >= 0.6 is 11.3 Å². The Kier molecular flexibility index (Phi) is 3.98. The minimum atomic E-state index is -0.121. The van der Waals surface area contributed by atoms with E-state index in [1.807, 2.05) is 24.3 Å². The van der Waals surface area contributed by atoms with Gasteiger partial charge < -0.3 is 9.30 Å². The van der Waals surface area contributed by atoms with Gasteiger partial charge in [0, 0.05) is 12.4 Å². The van der Waals surface area contributed by atoms with Gasteiger partial charge in [-0.05, 0) is 12.5 Å². The van der Waals surface area contributed by atoms with Gasteiger partial charge in [0.05, 0.1) is 16.8 Å². The van der Waals surface area contributed by atoms with Crippen LogP contribution in [0.1, 0.15) is 29.4 Å². The third-order valence-electron chi connectivity index (χ3n) is 3.77. The number of thiophene rings is 1. The van der Waals surface area contributed by atoms with Crippen molar-refractivity contribution >= 4 is 38.6 Å². The number of unbranched alkanes of at least 4 members (excludes halogenated alkanes) is 1. The van der Waals surface area contributed by atoms with Crippen LogP contribution in [0.5, 0.6) is 5.75 Å². The molecule has 0 N–H and O–H groups in total. The van der Waals surface area contributed by atoms with Gasteiger partial charge in [0.1, 0.15) is 10.3 Å². The summed E-state index contributed by atoms with van der Waals surface area (Å²) in [4.78, 5) is 24.6. The lowest BCUT2D eigenvalue weighted by atomic mass is 10.1. The largest absolute Gasteiger partial charge is 0.491 e. The Bertz CT molecular complexity index is 908. The zero-order valence-electron chi connectivity index (χ0n) is 12.6. The molecule has 0 saturated heterocycles. The highest BCUT2D eigenvalue weighted by molar-refractivity contribution is 7.22. The van der Waals surface area contributed by atoms with Gasteiger partial charge in [-0.15, -0.1) is 11.3 Å². The van der Waals surface area contributed by atoms with Crippen LogP contribution in [-0.4, -0.2) is 17.5 Å². The number of carbonyl (C=O) groups is 1. The average Bonchev–Trinajstić information content (AvgIpc) is 2.92. The maximum atomic E-state index is 12.7. The molecule has 4 nitrogen and oxygen atoms in total. The number of aryl methyl sites for hydroxylation is 1.